The van der Waals surface area contributed by atoms with Crippen molar-refractivity contribution in [1.82, 2.24) is 4.90 Å². The predicted octanol–water partition coefficient (Wildman–Crippen LogP) is 2.40. The fourth-order valence-corrected chi connectivity index (χ4v) is 1.65. The summed E-state index contributed by atoms with van der Waals surface area (Å²) in [5.74, 6) is 0.876. The van der Waals surface area contributed by atoms with E-state index in [0.29, 0.717) is 12.3 Å². The van der Waals surface area contributed by atoms with E-state index < -0.39 is 0 Å². The van der Waals surface area contributed by atoms with Crippen LogP contribution in [0.5, 0.6) is 0 Å². The molecule has 0 aliphatic heterocycles. The number of carbonyl (C=O) groups excluding carboxylic acids is 1. The van der Waals surface area contributed by atoms with Gasteiger partial charge in [0.15, 0.2) is 0 Å². The molecule has 0 aromatic carbocycles. The summed E-state index contributed by atoms with van der Waals surface area (Å²) in [5.41, 5.74) is 5.66. The average Bonchev–Trinajstić information content (AvgIpc) is 2.24. The van der Waals surface area contributed by atoms with Gasteiger partial charge in [-0.2, -0.15) is 0 Å². The maximum atomic E-state index is 11.9. The number of amides is 1. The Morgan fingerprint density at radius 3 is 2.38 bits per heavy atom. The van der Waals surface area contributed by atoms with E-state index in [1.54, 1.807) is 0 Å². The van der Waals surface area contributed by atoms with Gasteiger partial charge < -0.3 is 10.6 Å². The van der Waals surface area contributed by atoms with Gasteiger partial charge >= 0.3 is 0 Å². The highest BCUT2D eigenvalue weighted by Gasteiger charge is 2.13. The molecule has 1 amide bonds. The zero-order valence-electron chi connectivity index (χ0n) is 11.3. The van der Waals surface area contributed by atoms with Crippen molar-refractivity contribution in [2.75, 3.05) is 13.1 Å². The first-order valence-electron chi connectivity index (χ1n) is 6.54. The molecule has 0 heterocycles. The highest BCUT2D eigenvalue weighted by atomic mass is 16.2. The van der Waals surface area contributed by atoms with Crippen LogP contribution >= 0.6 is 0 Å². The molecule has 0 saturated heterocycles. The van der Waals surface area contributed by atoms with Gasteiger partial charge in [-0.3, -0.25) is 4.79 Å². The Hall–Kier alpha value is -0.570. The molecule has 0 aliphatic rings. The Bertz CT molecular complexity index is 192. The molecule has 3 nitrogen and oxygen atoms in total. The first-order valence-corrected chi connectivity index (χ1v) is 6.54. The van der Waals surface area contributed by atoms with Crippen molar-refractivity contribution in [3.8, 4) is 0 Å². The lowest BCUT2D eigenvalue weighted by Gasteiger charge is -2.24. The van der Waals surface area contributed by atoms with E-state index in [-0.39, 0.29) is 11.9 Å². The minimum Gasteiger partial charge on any atom is -0.343 e. The molecule has 2 N–H and O–H groups in total. The van der Waals surface area contributed by atoms with Crippen LogP contribution in [0, 0.1) is 5.92 Å². The smallest absolute Gasteiger partial charge is 0.222 e. The Morgan fingerprint density at radius 2 is 1.94 bits per heavy atom. The maximum absolute atomic E-state index is 11.9. The lowest BCUT2D eigenvalue weighted by atomic mass is 10.1. The van der Waals surface area contributed by atoms with Crippen LogP contribution in [0.4, 0.5) is 0 Å². The zero-order chi connectivity index (χ0) is 12.6. The molecule has 0 bridgehead atoms. The molecule has 3 heteroatoms. The predicted molar refractivity (Wildman–Crippen MR) is 69.2 cm³/mol. The van der Waals surface area contributed by atoms with Gasteiger partial charge in [0.05, 0.1) is 0 Å². The summed E-state index contributed by atoms with van der Waals surface area (Å²) >= 11 is 0. The summed E-state index contributed by atoms with van der Waals surface area (Å²) in [7, 11) is 0. The normalized spacial score (nSPS) is 14.6. The van der Waals surface area contributed by atoms with Crippen LogP contribution < -0.4 is 5.73 Å². The number of carbonyl (C=O) groups is 1. The molecule has 2 unspecified atom stereocenters. The number of rotatable bonds is 8. The molecule has 0 aromatic heterocycles. The van der Waals surface area contributed by atoms with Gasteiger partial charge in [-0.1, -0.05) is 20.3 Å². The third-order valence-corrected chi connectivity index (χ3v) is 3.01. The van der Waals surface area contributed by atoms with E-state index in [1.807, 2.05) is 18.7 Å². The van der Waals surface area contributed by atoms with E-state index in [4.69, 9.17) is 5.73 Å². The zero-order valence-corrected chi connectivity index (χ0v) is 11.3. The standard InChI is InChI=1S/C13H28N2O/c1-5-11(3)10-15(6-2)13(16)9-7-8-12(4)14/h11-12H,5-10,14H2,1-4H3. The van der Waals surface area contributed by atoms with Gasteiger partial charge in [-0.15, -0.1) is 0 Å². The number of hydrogen-bond acceptors (Lipinski definition) is 2. The minimum absolute atomic E-state index is 0.206. The Balaban J connectivity index is 3.91. The molecule has 0 aromatic rings. The van der Waals surface area contributed by atoms with Crippen LogP contribution in [-0.2, 0) is 4.79 Å². The van der Waals surface area contributed by atoms with Crippen LogP contribution in [-0.4, -0.2) is 29.9 Å². The molecule has 0 aliphatic carbocycles. The van der Waals surface area contributed by atoms with E-state index in [1.165, 1.54) is 0 Å². The molecule has 0 fully saturated rings. The van der Waals surface area contributed by atoms with Crippen molar-refractivity contribution < 1.29 is 4.79 Å². The maximum Gasteiger partial charge on any atom is 0.222 e. The number of hydrogen-bond donors (Lipinski definition) is 1. The molecule has 2 atom stereocenters. The summed E-state index contributed by atoms with van der Waals surface area (Å²) in [6.45, 7) is 10.1. The van der Waals surface area contributed by atoms with Gasteiger partial charge in [0, 0.05) is 25.6 Å². The second kappa shape index (κ2) is 8.57. The average molecular weight is 228 g/mol. The third-order valence-electron chi connectivity index (χ3n) is 3.01. The van der Waals surface area contributed by atoms with Gasteiger partial charge in [0.1, 0.15) is 0 Å². The van der Waals surface area contributed by atoms with Crippen molar-refractivity contribution in [2.45, 2.75) is 59.4 Å². The number of nitrogens with zero attached hydrogens (tertiary/aromatic N) is 1. The summed E-state index contributed by atoms with van der Waals surface area (Å²) in [4.78, 5) is 13.9. The van der Waals surface area contributed by atoms with Crippen LogP contribution in [0.3, 0.4) is 0 Å². The first-order chi connectivity index (χ1) is 7.51. The monoisotopic (exact) mass is 228 g/mol. The van der Waals surface area contributed by atoms with Crippen LogP contribution in [0.2, 0.25) is 0 Å². The lowest BCUT2D eigenvalue weighted by molar-refractivity contribution is -0.131. The number of nitrogens with two attached hydrogens (primary N) is 1. The van der Waals surface area contributed by atoms with Gasteiger partial charge in [0.25, 0.3) is 0 Å². The summed E-state index contributed by atoms with van der Waals surface area (Å²) in [5, 5.41) is 0. The van der Waals surface area contributed by atoms with Crippen molar-refractivity contribution in [1.29, 1.82) is 0 Å². The summed E-state index contributed by atoms with van der Waals surface area (Å²) in [6, 6.07) is 0.206. The van der Waals surface area contributed by atoms with E-state index in [9.17, 15) is 4.79 Å². The van der Waals surface area contributed by atoms with E-state index in [0.717, 1.165) is 32.4 Å². The Kier molecular flexibility index (Phi) is 8.26. The molecule has 0 saturated carbocycles. The van der Waals surface area contributed by atoms with Crippen molar-refractivity contribution in [2.24, 2.45) is 11.7 Å². The molecule has 96 valence electrons. The Morgan fingerprint density at radius 1 is 1.31 bits per heavy atom. The van der Waals surface area contributed by atoms with Crippen molar-refractivity contribution in [3.63, 3.8) is 0 Å². The Labute approximate surface area is 100 Å². The highest BCUT2D eigenvalue weighted by molar-refractivity contribution is 5.76. The topological polar surface area (TPSA) is 46.3 Å². The second-order valence-electron chi connectivity index (χ2n) is 4.82. The first kappa shape index (κ1) is 15.4. The van der Waals surface area contributed by atoms with Gasteiger partial charge in [-0.25, -0.2) is 0 Å². The molecule has 0 radical (unpaired) electrons. The fraction of sp³-hybridized carbons (Fsp3) is 0.923. The van der Waals surface area contributed by atoms with Crippen LogP contribution in [0.25, 0.3) is 0 Å². The second-order valence-corrected chi connectivity index (χ2v) is 4.82. The molecular formula is C13H28N2O. The lowest BCUT2D eigenvalue weighted by Crippen LogP contribution is -2.34. The largest absolute Gasteiger partial charge is 0.343 e. The molecule has 0 rings (SSSR count). The van der Waals surface area contributed by atoms with Gasteiger partial charge in [-0.05, 0) is 32.6 Å². The highest BCUT2D eigenvalue weighted by Crippen LogP contribution is 2.08. The molecular weight excluding hydrogens is 200 g/mol. The third kappa shape index (κ3) is 6.83. The fourth-order valence-electron chi connectivity index (χ4n) is 1.65. The van der Waals surface area contributed by atoms with Crippen LogP contribution in [0.1, 0.15) is 53.4 Å². The van der Waals surface area contributed by atoms with E-state index >= 15 is 0 Å². The minimum atomic E-state index is 0.206. The SMILES string of the molecule is CCC(C)CN(CC)C(=O)CCCC(C)N. The van der Waals surface area contributed by atoms with E-state index in [2.05, 4.69) is 13.8 Å². The molecule has 0 spiro atoms. The van der Waals surface area contributed by atoms with Gasteiger partial charge in [0.2, 0.25) is 5.91 Å². The summed E-state index contributed by atoms with van der Waals surface area (Å²) in [6.07, 6.45) is 3.62. The molecule has 16 heavy (non-hydrogen) atoms. The summed E-state index contributed by atoms with van der Waals surface area (Å²) < 4.78 is 0. The van der Waals surface area contributed by atoms with Crippen LogP contribution in [0.15, 0.2) is 0 Å². The van der Waals surface area contributed by atoms with Crippen molar-refractivity contribution in [3.05, 3.63) is 0 Å². The van der Waals surface area contributed by atoms with Crippen molar-refractivity contribution >= 4 is 5.91 Å². The quantitative estimate of drug-likeness (QED) is 0.693.